The van der Waals surface area contributed by atoms with E-state index in [9.17, 15) is 0 Å². The van der Waals surface area contributed by atoms with Crippen LogP contribution < -0.4 is 5.73 Å². The van der Waals surface area contributed by atoms with Crippen LogP contribution in [0, 0.1) is 19.8 Å². The van der Waals surface area contributed by atoms with Gasteiger partial charge < -0.3 is 5.73 Å². The van der Waals surface area contributed by atoms with Crippen molar-refractivity contribution in [3.8, 4) is 0 Å². The Labute approximate surface area is 123 Å². The monoisotopic (exact) mass is 272 g/mol. The fraction of sp³-hybridized carbons (Fsp3) is 0.667. The van der Waals surface area contributed by atoms with Crippen molar-refractivity contribution in [1.82, 2.24) is 4.90 Å². The lowest BCUT2D eigenvalue weighted by Gasteiger charge is -2.43. The van der Waals surface area contributed by atoms with Gasteiger partial charge in [0, 0.05) is 18.6 Å². The zero-order valence-electron chi connectivity index (χ0n) is 12.9. The molecule has 3 atom stereocenters. The third kappa shape index (κ3) is 2.40. The van der Waals surface area contributed by atoms with Crippen LogP contribution in [0.5, 0.6) is 0 Å². The quantitative estimate of drug-likeness (QED) is 0.911. The Hall–Kier alpha value is -0.860. The highest BCUT2D eigenvalue weighted by atomic mass is 15.2. The molecule has 0 spiro atoms. The highest BCUT2D eigenvalue weighted by Crippen LogP contribution is 2.41. The van der Waals surface area contributed by atoms with Gasteiger partial charge in [-0.05, 0) is 68.7 Å². The Kier molecular flexibility index (Phi) is 4.13. The minimum absolute atomic E-state index is 0.417. The molecular weight excluding hydrogens is 244 g/mol. The molecule has 1 aliphatic carbocycles. The van der Waals surface area contributed by atoms with Crippen LogP contribution in [0.25, 0.3) is 0 Å². The van der Waals surface area contributed by atoms with E-state index < -0.39 is 0 Å². The van der Waals surface area contributed by atoms with Gasteiger partial charge in [0.2, 0.25) is 0 Å². The molecule has 110 valence electrons. The van der Waals surface area contributed by atoms with Crippen molar-refractivity contribution in [2.45, 2.75) is 58.0 Å². The van der Waals surface area contributed by atoms with E-state index in [1.807, 2.05) is 0 Å². The number of likely N-dealkylation sites (tertiary alicyclic amines) is 1. The number of aryl methyl sites for hydroxylation is 1. The number of fused-ring (bicyclic) bond motifs is 1. The zero-order valence-corrected chi connectivity index (χ0v) is 12.9. The third-order valence-electron chi connectivity index (χ3n) is 5.67. The lowest BCUT2D eigenvalue weighted by Crippen LogP contribution is -2.47. The van der Waals surface area contributed by atoms with Gasteiger partial charge in [0.05, 0.1) is 0 Å². The second-order valence-corrected chi connectivity index (χ2v) is 6.68. The second-order valence-electron chi connectivity index (χ2n) is 6.68. The predicted molar refractivity (Wildman–Crippen MR) is 84.8 cm³/mol. The van der Waals surface area contributed by atoms with Crippen molar-refractivity contribution >= 4 is 0 Å². The predicted octanol–water partition coefficient (Wildman–Crippen LogP) is 3.57. The minimum atomic E-state index is 0.417. The molecule has 20 heavy (non-hydrogen) atoms. The van der Waals surface area contributed by atoms with Gasteiger partial charge in [-0.1, -0.05) is 24.6 Å². The molecule has 2 N–H and O–H groups in total. The van der Waals surface area contributed by atoms with E-state index in [0.717, 1.165) is 18.5 Å². The molecule has 2 aliphatic rings. The molecule has 0 radical (unpaired) electrons. The summed E-state index contributed by atoms with van der Waals surface area (Å²) < 4.78 is 0. The molecule has 1 aliphatic heterocycles. The Morgan fingerprint density at radius 1 is 1.20 bits per heavy atom. The van der Waals surface area contributed by atoms with Gasteiger partial charge in [0.1, 0.15) is 0 Å². The topological polar surface area (TPSA) is 29.3 Å². The SMILES string of the molecule is Cc1cccc(C(CN)N2CCCC3CCCC32)c1C. The standard InChI is InChI=1S/C18H28N2/c1-13-6-3-9-16(14(13)2)18(12-19)20-11-5-8-15-7-4-10-17(15)20/h3,6,9,15,17-18H,4-5,7-8,10-12,19H2,1-2H3. The summed E-state index contributed by atoms with van der Waals surface area (Å²) in [5.74, 6) is 0.933. The van der Waals surface area contributed by atoms with Gasteiger partial charge in [-0.25, -0.2) is 0 Å². The largest absolute Gasteiger partial charge is 0.329 e. The molecule has 0 bridgehead atoms. The van der Waals surface area contributed by atoms with Crippen molar-refractivity contribution in [2.24, 2.45) is 11.7 Å². The van der Waals surface area contributed by atoms with Crippen LogP contribution in [-0.2, 0) is 0 Å². The molecular formula is C18H28N2. The summed E-state index contributed by atoms with van der Waals surface area (Å²) in [5.41, 5.74) is 10.5. The summed E-state index contributed by atoms with van der Waals surface area (Å²) in [4.78, 5) is 2.74. The van der Waals surface area contributed by atoms with E-state index in [-0.39, 0.29) is 0 Å². The molecule has 1 heterocycles. The third-order valence-corrected chi connectivity index (χ3v) is 5.67. The van der Waals surface area contributed by atoms with Crippen LogP contribution >= 0.6 is 0 Å². The number of benzene rings is 1. The fourth-order valence-corrected chi connectivity index (χ4v) is 4.46. The number of rotatable bonds is 3. The van der Waals surface area contributed by atoms with Crippen LogP contribution in [0.1, 0.15) is 54.8 Å². The first-order valence-corrected chi connectivity index (χ1v) is 8.24. The summed E-state index contributed by atoms with van der Waals surface area (Å²) in [6.07, 6.45) is 7.01. The van der Waals surface area contributed by atoms with E-state index in [2.05, 4.69) is 36.9 Å². The molecule has 2 nitrogen and oxygen atoms in total. The average molecular weight is 272 g/mol. The fourth-order valence-electron chi connectivity index (χ4n) is 4.46. The van der Waals surface area contributed by atoms with Crippen LogP contribution in [0.4, 0.5) is 0 Å². The minimum Gasteiger partial charge on any atom is -0.329 e. The highest BCUT2D eigenvalue weighted by Gasteiger charge is 2.38. The van der Waals surface area contributed by atoms with Crippen LogP contribution in [0.3, 0.4) is 0 Å². The highest BCUT2D eigenvalue weighted by molar-refractivity contribution is 5.35. The molecule has 1 saturated heterocycles. The van der Waals surface area contributed by atoms with Crippen LogP contribution in [-0.4, -0.2) is 24.0 Å². The molecule has 0 amide bonds. The van der Waals surface area contributed by atoms with Gasteiger partial charge in [0.25, 0.3) is 0 Å². The molecule has 1 saturated carbocycles. The van der Waals surface area contributed by atoms with E-state index in [1.54, 1.807) is 0 Å². The first-order chi connectivity index (χ1) is 9.72. The van der Waals surface area contributed by atoms with Crippen LogP contribution in [0.15, 0.2) is 18.2 Å². The number of nitrogens with two attached hydrogens (primary N) is 1. The Bertz CT molecular complexity index is 468. The Morgan fingerprint density at radius 2 is 2.00 bits per heavy atom. The molecule has 2 fully saturated rings. The maximum absolute atomic E-state index is 6.20. The van der Waals surface area contributed by atoms with Crippen molar-refractivity contribution in [3.63, 3.8) is 0 Å². The molecule has 1 aromatic carbocycles. The maximum Gasteiger partial charge on any atom is 0.0476 e. The van der Waals surface area contributed by atoms with Gasteiger partial charge in [-0.15, -0.1) is 0 Å². The normalized spacial score (nSPS) is 28.4. The molecule has 3 unspecified atom stereocenters. The van der Waals surface area contributed by atoms with E-state index in [0.29, 0.717) is 6.04 Å². The van der Waals surface area contributed by atoms with E-state index in [4.69, 9.17) is 5.73 Å². The van der Waals surface area contributed by atoms with E-state index in [1.165, 1.54) is 55.3 Å². The Morgan fingerprint density at radius 3 is 2.80 bits per heavy atom. The molecule has 1 aromatic rings. The summed E-state index contributed by atoms with van der Waals surface area (Å²) in [6, 6.07) is 7.90. The first-order valence-electron chi connectivity index (χ1n) is 8.24. The van der Waals surface area contributed by atoms with Crippen molar-refractivity contribution in [2.75, 3.05) is 13.1 Å². The average Bonchev–Trinajstić information content (AvgIpc) is 2.93. The van der Waals surface area contributed by atoms with Gasteiger partial charge in [0.15, 0.2) is 0 Å². The smallest absolute Gasteiger partial charge is 0.0476 e. The molecule has 3 rings (SSSR count). The van der Waals surface area contributed by atoms with Gasteiger partial charge in [-0.2, -0.15) is 0 Å². The molecule has 2 heteroatoms. The maximum atomic E-state index is 6.20. The van der Waals surface area contributed by atoms with Crippen LogP contribution in [0.2, 0.25) is 0 Å². The van der Waals surface area contributed by atoms with E-state index >= 15 is 0 Å². The summed E-state index contributed by atoms with van der Waals surface area (Å²) >= 11 is 0. The lowest BCUT2D eigenvalue weighted by molar-refractivity contribution is 0.0698. The summed E-state index contributed by atoms with van der Waals surface area (Å²) in [7, 11) is 0. The summed E-state index contributed by atoms with van der Waals surface area (Å²) in [6.45, 7) is 6.44. The number of hydrogen-bond donors (Lipinski definition) is 1. The van der Waals surface area contributed by atoms with Crippen molar-refractivity contribution < 1.29 is 0 Å². The number of nitrogens with zero attached hydrogens (tertiary/aromatic N) is 1. The number of hydrogen-bond acceptors (Lipinski definition) is 2. The van der Waals surface area contributed by atoms with Crippen molar-refractivity contribution in [3.05, 3.63) is 34.9 Å². The lowest BCUT2D eigenvalue weighted by atomic mass is 9.88. The zero-order chi connectivity index (χ0) is 14.1. The first kappa shape index (κ1) is 14.1. The van der Waals surface area contributed by atoms with Gasteiger partial charge >= 0.3 is 0 Å². The Balaban J connectivity index is 1.90. The summed E-state index contributed by atoms with van der Waals surface area (Å²) in [5, 5.41) is 0. The second kappa shape index (κ2) is 5.87. The number of piperidine rings is 1. The van der Waals surface area contributed by atoms with Crippen molar-refractivity contribution in [1.29, 1.82) is 0 Å². The van der Waals surface area contributed by atoms with Gasteiger partial charge in [-0.3, -0.25) is 4.90 Å². The molecule has 0 aromatic heterocycles.